The van der Waals surface area contributed by atoms with Crippen LogP contribution in [0.15, 0.2) is 24.3 Å². The Morgan fingerprint density at radius 2 is 1.88 bits per heavy atom. The zero-order valence-electron chi connectivity index (χ0n) is 15.2. The summed E-state index contributed by atoms with van der Waals surface area (Å²) in [6.45, 7) is 3.52. The first kappa shape index (κ1) is 18.5. The van der Waals surface area contributed by atoms with E-state index < -0.39 is 0 Å². The number of nitrogens with one attached hydrogen (secondary N) is 1. The van der Waals surface area contributed by atoms with Crippen molar-refractivity contribution in [1.29, 1.82) is 0 Å². The molecular formula is C19H29N3O2. The number of hydrogen-bond donors (Lipinski definition) is 1. The van der Waals surface area contributed by atoms with Gasteiger partial charge in [0.1, 0.15) is 6.04 Å². The van der Waals surface area contributed by atoms with Gasteiger partial charge in [0.2, 0.25) is 11.8 Å². The second kappa shape index (κ2) is 8.29. The molecule has 1 aliphatic rings. The Balaban J connectivity index is 2.05. The maximum Gasteiger partial charge on any atom is 0.244 e. The minimum absolute atomic E-state index is 0.0888. The molecule has 1 aromatic rings. The van der Waals surface area contributed by atoms with Crippen molar-refractivity contribution in [3.8, 4) is 0 Å². The Morgan fingerprint density at radius 1 is 1.25 bits per heavy atom. The number of nitrogens with zero attached hydrogens (tertiary/aromatic N) is 2. The second-order valence-electron chi connectivity index (χ2n) is 6.87. The van der Waals surface area contributed by atoms with Crippen molar-refractivity contribution in [2.75, 3.05) is 34.2 Å². The first-order valence-corrected chi connectivity index (χ1v) is 8.65. The highest BCUT2D eigenvalue weighted by atomic mass is 16.2. The van der Waals surface area contributed by atoms with Gasteiger partial charge in [0.05, 0.1) is 0 Å². The van der Waals surface area contributed by atoms with Crippen LogP contribution < -0.4 is 5.32 Å². The van der Waals surface area contributed by atoms with Crippen LogP contribution in [0.5, 0.6) is 0 Å². The van der Waals surface area contributed by atoms with E-state index in [0.29, 0.717) is 12.3 Å². The van der Waals surface area contributed by atoms with Crippen LogP contribution in [0.25, 0.3) is 0 Å². The summed E-state index contributed by atoms with van der Waals surface area (Å²) in [5.41, 5.74) is 2.21. The smallest absolute Gasteiger partial charge is 0.244 e. The van der Waals surface area contributed by atoms with Crippen LogP contribution in [0.2, 0.25) is 0 Å². The lowest BCUT2D eigenvalue weighted by Gasteiger charge is -2.36. The van der Waals surface area contributed by atoms with Crippen molar-refractivity contribution in [1.82, 2.24) is 15.1 Å². The van der Waals surface area contributed by atoms with E-state index >= 15 is 0 Å². The molecule has 1 aromatic carbocycles. The fraction of sp³-hybridized carbons (Fsp3) is 0.579. The van der Waals surface area contributed by atoms with Crippen LogP contribution >= 0.6 is 0 Å². The van der Waals surface area contributed by atoms with E-state index in [4.69, 9.17) is 0 Å². The van der Waals surface area contributed by atoms with Crippen molar-refractivity contribution in [2.45, 2.75) is 32.2 Å². The molecule has 24 heavy (non-hydrogen) atoms. The molecule has 1 fully saturated rings. The van der Waals surface area contributed by atoms with Gasteiger partial charge in [0.25, 0.3) is 0 Å². The Kier molecular flexibility index (Phi) is 6.37. The van der Waals surface area contributed by atoms with E-state index in [0.717, 1.165) is 37.1 Å². The third-order valence-electron chi connectivity index (χ3n) is 4.91. The lowest BCUT2D eigenvalue weighted by atomic mass is 9.92. The minimum atomic E-state index is -0.248. The average molecular weight is 331 g/mol. The molecule has 1 atom stereocenters. The van der Waals surface area contributed by atoms with Crippen molar-refractivity contribution in [2.24, 2.45) is 5.92 Å². The zero-order valence-corrected chi connectivity index (χ0v) is 15.2. The molecule has 0 aliphatic carbocycles. The summed E-state index contributed by atoms with van der Waals surface area (Å²) in [6.07, 6.45) is 2.35. The summed E-state index contributed by atoms with van der Waals surface area (Å²) in [7, 11) is 5.57. The monoisotopic (exact) mass is 331 g/mol. The number of carbonyl (C=O) groups excluding carboxylic acids is 2. The summed E-state index contributed by atoms with van der Waals surface area (Å²) in [5.74, 6) is 0.629. The van der Waals surface area contributed by atoms with Crippen LogP contribution in [0, 0.1) is 12.8 Å². The molecule has 0 bridgehead atoms. The molecule has 2 amide bonds. The second-order valence-corrected chi connectivity index (χ2v) is 6.87. The number of amides is 2. The van der Waals surface area contributed by atoms with Crippen LogP contribution in [-0.2, 0) is 9.59 Å². The van der Waals surface area contributed by atoms with Crippen LogP contribution in [0.3, 0.4) is 0 Å². The molecular weight excluding hydrogens is 302 g/mol. The molecule has 0 saturated carbocycles. The van der Waals surface area contributed by atoms with Crippen molar-refractivity contribution in [3.63, 3.8) is 0 Å². The largest absolute Gasteiger partial charge is 0.359 e. The summed E-state index contributed by atoms with van der Waals surface area (Å²) < 4.78 is 0. The number of likely N-dealkylation sites (tertiary alicyclic amines) is 1. The standard InChI is InChI=1S/C19H29N3O2/c1-14-7-5-6-8-16(14)18(21(3)4)19(24)22-11-9-15(10-12-22)13-17(23)20-2/h5-8,15,18H,9-13H2,1-4H3,(H,20,23)/t18-/m0/s1. The van der Waals surface area contributed by atoms with Gasteiger partial charge >= 0.3 is 0 Å². The first-order chi connectivity index (χ1) is 11.4. The molecule has 0 unspecified atom stereocenters. The molecule has 1 saturated heterocycles. The normalized spacial score (nSPS) is 17.0. The van der Waals surface area contributed by atoms with Gasteiger partial charge in [-0.05, 0) is 50.9 Å². The fourth-order valence-electron chi connectivity index (χ4n) is 3.42. The zero-order chi connectivity index (χ0) is 17.7. The van der Waals surface area contributed by atoms with Gasteiger partial charge in [-0.15, -0.1) is 0 Å². The van der Waals surface area contributed by atoms with E-state index in [9.17, 15) is 9.59 Å². The molecule has 1 aliphatic heterocycles. The van der Waals surface area contributed by atoms with Crippen molar-refractivity contribution >= 4 is 11.8 Å². The lowest BCUT2D eigenvalue weighted by Crippen LogP contribution is -2.45. The van der Waals surface area contributed by atoms with E-state index in [1.54, 1.807) is 7.05 Å². The number of piperidine rings is 1. The van der Waals surface area contributed by atoms with Crippen LogP contribution in [-0.4, -0.2) is 55.8 Å². The van der Waals surface area contributed by atoms with Gasteiger partial charge in [-0.2, -0.15) is 0 Å². The molecule has 5 heteroatoms. The third kappa shape index (κ3) is 4.35. The van der Waals surface area contributed by atoms with Crippen molar-refractivity contribution < 1.29 is 9.59 Å². The predicted octanol–water partition coefficient (Wildman–Crippen LogP) is 1.97. The number of rotatable bonds is 5. The van der Waals surface area contributed by atoms with Gasteiger partial charge in [0, 0.05) is 26.6 Å². The van der Waals surface area contributed by atoms with Crippen LogP contribution in [0.4, 0.5) is 0 Å². The molecule has 1 N–H and O–H groups in total. The summed E-state index contributed by atoms with van der Waals surface area (Å²) in [4.78, 5) is 28.5. The Labute approximate surface area is 145 Å². The topological polar surface area (TPSA) is 52.7 Å². The number of benzene rings is 1. The highest BCUT2D eigenvalue weighted by Crippen LogP contribution is 2.27. The molecule has 0 radical (unpaired) electrons. The van der Waals surface area contributed by atoms with Gasteiger partial charge in [-0.1, -0.05) is 24.3 Å². The average Bonchev–Trinajstić information content (AvgIpc) is 2.57. The Hall–Kier alpha value is -1.88. The summed E-state index contributed by atoms with van der Waals surface area (Å²) >= 11 is 0. The Bertz CT molecular complexity index is 578. The summed E-state index contributed by atoms with van der Waals surface area (Å²) in [5, 5.41) is 2.68. The predicted molar refractivity (Wildman–Crippen MR) is 95.6 cm³/mol. The maximum absolute atomic E-state index is 13.1. The third-order valence-corrected chi connectivity index (χ3v) is 4.91. The minimum Gasteiger partial charge on any atom is -0.359 e. The van der Waals surface area contributed by atoms with Gasteiger partial charge in [-0.25, -0.2) is 0 Å². The quantitative estimate of drug-likeness (QED) is 0.897. The number of hydrogen-bond acceptors (Lipinski definition) is 3. The SMILES string of the molecule is CNC(=O)CC1CCN(C(=O)[C@H](c2ccccc2C)N(C)C)CC1. The lowest BCUT2D eigenvalue weighted by molar-refractivity contribution is -0.137. The van der Waals surface area contributed by atoms with Crippen LogP contribution in [0.1, 0.15) is 36.4 Å². The summed E-state index contributed by atoms with van der Waals surface area (Å²) in [6, 6.07) is 7.83. The van der Waals surface area contributed by atoms with E-state index in [1.165, 1.54) is 0 Å². The van der Waals surface area contributed by atoms with Gasteiger partial charge in [0.15, 0.2) is 0 Å². The maximum atomic E-state index is 13.1. The highest BCUT2D eigenvalue weighted by molar-refractivity contribution is 5.84. The highest BCUT2D eigenvalue weighted by Gasteiger charge is 2.31. The number of likely N-dealkylation sites (N-methyl/N-ethyl adjacent to an activating group) is 1. The van der Waals surface area contributed by atoms with E-state index in [1.807, 2.05) is 42.1 Å². The number of aryl methyl sites for hydroxylation is 1. The molecule has 2 rings (SSSR count). The molecule has 0 aromatic heterocycles. The Morgan fingerprint density at radius 3 is 2.42 bits per heavy atom. The van der Waals surface area contributed by atoms with Crippen molar-refractivity contribution in [3.05, 3.63) is 35.4 Å². The fourth-order valence-corrected chi connectivity index (χ4v) is 3.42. The molecule has 5 nitrogen and oxygen atoms in total. The number of carbonyl (C=O) groups is 2. The molecule has 132 valence electrons. The molecule has 0 spiro atoms. The first-order valence-electron chi connectivity index (χ1n) is 8.65. The van der Waals surface area contributed by atoms with E-state index in [2.05, 4.69) is 18.3 Å². The van der Waals surface area contributed by atoms with Gasteiger partial charge < -0.3 is 10.2 Å². The van der Waals surface area contributed by atoms with Gasteiger partial charge in [-0.3, -0.25) is 14.5 Å². The molecule has 1 heterocycles. The van der Waals surface area contributed by atoms with E-state index in [-0.39, 0.29) is 17.9 Å².